The van der Waals surface area contributed by atoms with E-state index in [9.17, 15) is 14.7 Å². The Labute approximate surface area is 152 Å². The number of aliphatic hydroxyl groups excluding tert-OH is 1. The van der Waals surface area contributed by atoms with Crippen molar-refractivity contribution in [2.45, 2.75) is 19.4 Å². The molecule has 6 heteroatoms. The van der Waals surface area contributed by atoms with Crippen LogP contribution in [0.2, 0.25) is 0 Å². The molecule has 0 saturated carbocycles. The van der Waals surface area contributed by atoms with Crippen LogP contribution in [0, 0.1) is 5.92 Å². The molecule has 0 radical (unpaired) electrons. The number of rotatable bonds is 4. The van der Waals surface area contributed by atoms with E-state index < -0.39 is 0 Å². The third-order valence-corrected chi connectivity index (χ3v) is 4.48. The smallest absolute Gasteiger partial charge is 0.321 e. The van der Waals surface area contributed by atoms with E-state index in [0.29, 0.717) is 18.8 Å². The molecule has 0 aliphatic carbocycles. The molecule has 0 spiro atoms. The fourth-order valence-corrected chi connectivity index (χ4v) is 3.09. The van der Waals surface area contributed by atoms with Crippen LogP contribution in [-0.2, 0) is 11.4 Å². The summed E-state index contributed by atoms with van der Waals surface area (Å²) >= 11 is 0. The van der Waals surface area contributed by atoms with Gasteiger partial charge in [0.15, 0.2) is 0 Å². The number of piperidine rings is 1. The van der Waals surface area contributed by atoms with E-state index in [4.69, 9.17) is 0 Å². The number of likely N-dealkylation sites (tertiary alicyclic amines) is 1. The van der Waals surface area contributed by atoms with Crippen molar-refractivity contribution in [3.8, 4) is 0 Å². The molecule has 6 nitrogen and oxygen atoms in total. The summed E-state index contributed by atoms with van der Waals surface area (Å²) in [4.78, 5) is 26.7. The van der Waals surface area contributed by atoms with Crippen molar-refractivity contribution < 1.29 is 14.7 Å². The van der Waals surface area contributed by atoms with E-state index >= 15 is 0 Å². The molecule has 1 aliphatic rings. The van der Waals surface area contributed by atoms with Crippen molar-refractivity contribution >= 4 is 23.3 Å². The van der Waals surface area contributed by atoms with Crippen LogP contribution in [0.3, 0.4) is 0 Å². The first-order valence-corrected chi connectivity index (χ1v) is 8.77. The molecule has 1 fully saturated rings. The van der Waals surface area contributed by atoms with Gasteiger partial charge in [0.2, 0.25) is 5.91 Å². The van der Waals surface area contributed by atoms with Crippen molar-refractivity contribution in [3.63, 3.8) is 0 Å². The van der Waals surface area contributed by atoms with Crippen LogP contribution in [0.15, 0.2) is 54.6 Å². The predicted octanol–water partition coefficient (Wildman–Crippen LogP) is 3.06. The number of aliphatic hydroxyl groups is 1. The lowest BCUT2D eigenvalue weighted by atomic mass is 9.97. The molecule has 0 bridgehead atoms. The maximum atomic E-state index is 12.6. The zero-order chi connectivity index (χ0) is 18.4. The first-order valence-electron chi connectivity index (χ1n) is 8.77. The van der Waals surface area contributed by atoms with Crippen molar-refractivity contribution in [1.82, 2.24) is 4.90 Å². The normalized spacial score (nSPS) is 16.8. The minimum atomic E-state index is -0.247. The third-order valence-electron chi connectivity index (χ3n) is 4.48. The number of anilines is 2. The summed E-state index contributed by atoms with van der Waals surface area (Å²) in [5.41, 5.74) is 2.15. The van der Waals surface area contributed by atoms with Crippen molar-refractivity contribution in [1.29, 1.82) is 0 Å². The van der Waals surface area contributed by atoms with Crippen LogP contribution in [0.5, 0.6) is 0 Å². The van der Waals surface area contributed by atoms with Gasteiger partial charge in [-0.05, 0) is 42.7 Å². The van der Waals surface area contributed by atoms with E-state index in [1.54, 1.807) is 29.2 Å². The number of hydrogen-bond donors (Lipinski definition) is 3. The maximum absolute atomic E-state index is 12.6. The summed E-state index contributed by atoms with van der Waals surface area (Å²) in [6, 6.07) is 16.2. The van der Waals surface area contributed by atoms with Crippen molar-refractivity contribution in [2.75, 3.05) is 23.7 Å². The highest BCUT2D eigenvalue weighted by molar-refractivity contribution is 5.94. The summed E-state index contributed by atoms with van der Waals surface area (Å²) in [7, 11) is 0. The molecule has 2 aromatic carbocycles. The number of hydrogen-bond acceptors (Lipinski definition) is 3. The second-order valence-electron chi connectivity index (χ2n) is 6.43. The average molecular weight is 353 g/mol. The van der Waals surface area contributed by atoms with Gasteiger partial charge in [-0.2, -0.15) is 0 Å². The lowest BCUT2D eigenvalue weighted by molar-refractivity contribution is -0.121. The van der Waals surface area contributed by atoms with Crippen LogP contribution in [0.25, 0.3) is 0 Å². The maximum Gasteiger partial charge on any atom is 0.321 e. The number of urea groups is 1. The molecule has 1 aliphatic heterocycles. The molecule has 0 aromatic heterocycles. The second kappa shape index (κ2) is 8.49. The molecular formula is C20H23N3O3. The van der Waals surface area contributed by atoms with Crippen molar-refractivity contribution in [3.05, 3.63) is 60.2 Å². The van der Waals surface area contributed by atoms with E-state index in [0.717, 1.165) is 24.1 Å². The molecule has 26 heavy (non-hydrogen) atoms. The van der Waals surface area contributed by atoms with Gasteiger partial charge in [0.05, 0.1) is 12.5 Å². The Morgan fingerprint density at radius 3 is 2.58 bits per heavy atom. The molecule has 1 saturated heterocycles. The highest BCUT2D eigenvalue weighted by Gasteiger charge is 2.28. The number of benzene rings is 2. The lowest BCUT2D eigenvalue weighted by Crippen LogP contribution is -2.45. The zero-order valence-electron chi connectivity index (χ0n) is 14.5. The number of carbonyl (C=O) groups is 2. The minimum absolute atomic E-state index is 0.0689. The van der Waals surface area contributed by atoms with Gasteiger partial charge in [-0.15, -0.1) is 0 Å². The minimum Gasteiger partial charge on any atom is -0.392 e. The largest absolute Gasteiger partial charge is 0.392 e. The standard InChI is InChI=1S/C20H23N3O3/c24-14-15-6-4-10-18(12-15)21-19(25)16-7-5-11-23(13-16)20(26)22-17-8-2-1-3-9-17/h1-4,6,8-10,12,16,24H,5,7,11,13-14H2,(H,21,25)(H,22,26)/t16-/m0/s1. The van der Waals surface area contributed by atoms with E-state index in [2.05, 4.69) is 10.6 Å². The molecule has 3 amide bonds. The van der Waals surface area contributed by atoms with Crippen LogP contribution >= 0.6 is 0 Å². The third kappa shape index (κ3) is 4.61. The Kier molecular flexibility index (Phi) is 5.86. The zero-order valence-corrected chi connectivity index (χ0v) is 14.5. The van der Waals surface area contributed by atoms with Crippen molar-refractivity contribution in [2.24, 2.45) is 5.92 Å². The number of carbonyl (C=O) groups excluding carboxylic acids is 2. The molecule has 2 aromatic rings. The van der Waals surface area contributed by atoms with Gasteiger partial charge in [-0.3, -0.25) is 4.79 Å². The Balaban J connectivity index is 1.58. The number of nitrogens with zero attached hydrogens (tertiary/aromatic N) is 1. The SMILES string of the molecule is O=C(Nc1cccc(CO)c1)[C@H]1CCCN(C(=O)Nc2ccccc2)C1. The first-order chi connectivity index (χ1) is 12.7. The number of amides is 3. The summed E-state index contributed by atoms with van der Waals surface area (Å²) in [6.07, 6.45) is 1.54. The Morgan fingerprint density at radius 2 is 1.81 bits per heavy atom. The lowest BCUT2D eigenvalue weighted by Gasteiger charge is -2.32. The summed E-state index contributed by atoms with van der Waals surface area (Å²) < 4.78 is 0. The van der Waals surface area contributed by atoms with Crippen LogP contribution in [0.4, 0.5) is 16.2 Å². The average Bonchev–Trinajstić information content (AvgIpc) is 2.69. The molecule has 3 rings (SSSR count). The van der Waals surface area contributed by atoms with Crippen LogP contribution in [0.1, 0.15) is 18.4 Å². The van der Waals surface area contributed by atoms with Gasteiger partial charge < -0.3 is 20.6 Å². The Morgan fingerprint density at radius 1 is 1.04 bits per heavy atom. The van der Waals surface area contributed by atoms with E-state index in [-0.39, 0.29) is 24.5 Å². The highest BCUT2D eigenvalue weighted by Crippen LogP contribution is 2.20. The number of nitrogens with one attached hydrogen (secondary N) is 2. The summed E-state index contributed by atoms with van der Waals surface area (Å²) in [5.74, 6) is -0.347. The van der Waals surface area contributed by atoms with Gasteiger partial charge >= 0.3 is 6.03 Å². The molecule has 136 valence electrons. The topological polar surface area (TPSA) is 81.7 Å². The quantitative estimate of drug-likeness (QED) is 0.790. The Bertz CT molecular complexity index is 764. The van der Waals surface area contributed by atoms with E-state index in [1.807, 2.05) is 30.3 Å². The van der Waals surface area contributed by atoms with Gasteiger partial charge in [0.25, 0.3) is 0 Å². The first kappa shape index (κ1) is 17.9. The molecule has 1 heterocycles. The molecule has 3 N–H and O–H groups in total. The van der Waals surface area contributed by atoms with Crippen LogP contribution < -0.4 is 10.6 Å². The highest BCUT2D eigenvalue weighted by atomic mass is 16.3. The monoisotopic (exact) mass is 353 g/mol. The molecule has 0 unspecified atom stereocenters. The van der Waals surface area contributed by atoms with E-state index in [1.165, 1.54) is 0 Å². The molecular weight excluding hydrogens is 330 g/mol. The second-order valence-corrected chi connectivity index (χ2v) is 6.43. The van der Waals surface area contributed by atoms with Gasteiger partial charge in [0.1, 0.15) is 0 Å². The number of para-hydroxylation sites is 1. The van der Waals surface area contributed by atoms with Gasteiger partial charge in [-0.1, -0.05) is 30.3 Å². The van der Waals surface area contributed by atoms with Gasteiger partial charge in [-0.25, -0.2) is 4.79 Å². The fraction of sp³-hybridized carbons (Fsp3) is 0.300. The Hall–Kier alpha value is -2.86. The fourth-order valence-electron chi connectivity index (χ4n) is 3.09. The van der Waals surface area contributed by atoms with Gasteiger partial charge in [0, 0.05) is 24.5 Å². The predicted molar refractivity (Wildman–Crippen MR) is 101 cm³/mol. The summed E-state index contributed by atoms with van der Waals surface area (Å²) in [6.45, 7) is 0.965. The summed E-state index contributed by atoms with van der Waals surface area (Å²) in [5, 5.41) is 14.9. The van der Waals surface area contributed by atoms with Crippen LogP contribution in [-0.4, -0.2) is 35.0 Å². The molecule has 1 atom stereocenters.